The lowest BCUT2D eigenvalue weighted by molar-refractivity contribution is -0.132. The SMILES string of the molecule is CC[C@@H]1CC(C)=CN1C(=O)c1cc(OC)c(OCCCCCOc2cc(NC(=O)OCc3ccc(CC(=O)CNC(=O)[C@@H](CC(=O)CCOCCOC)C(C)C)cc3)c(C(=O)N3C=C(C)C[C@H]3CO[Si](C)(C)C(C)(C)C)cc2C)cc1NC. The maximum absolute atomic E-state index is 14.7. The van der Waals surface area contributed by atoms with E-state index in [2.05, 4.69) is 56.7 Å². The molecule has 4 amide bonds. The second-order valence-corrected chi connectivity index (χ2v) is 28.5. The Morgan fingerprint density at radius 1 is 0.723 bits per heavy atom. The average Bonchev–Trinajstić information content (AvgIpc) is 4.27. The fraction of sp³-hybridized carbons (Fsp3) is 0.562. The maximum Gasteiger partial charge on any atom is 0.411 e. The molecule has 2 aliphatic rings. The highest BCUT2D eigenvalue weighted by Crippen LogP contribution is 2.39. The van der Waals surface area contributed by atoms with Gasteiger partial charge in [-0.25, -0.2) is 4.79 Å². The summed E-state index contributed by atoms with van der Waals surface area (Å²) in [7, 11) is 2.77. The third-order valence-electron chi connectivity index (χ3n) is 15.7. The molecule has 83 heavy (non-hydrogen) atoms. The minimum Gasteiger partial charge on any atom is -0.493 e. The van der Waals surface area contributed by atoms with Crippen molar-refractivity contribution in [2.75, 3.05) is 78.1 Å². The zero-order valence-electron chi connectivity index (χ0n) is 51.8. The van der Waals surface area contributed by atoms with Crippen LogP contribution in [0.5, 0.6) is 17.2 Å². The molecule has 3 aromatic rings. The summed E-state index contributed by atoms with van der Waals surface area (Å²) in [5.41, 5.74) is 5.96. The second-order valence-electron chi connectivity index (χ2n) is 23.7. The van der Waals surface area contributed by atoms with Gasteiger partial charge >= 0.3 is 6.09 Å². The Hall–Kier alpha value is -6.54. The van der Waals surface area contributed by atoms with E-state index in [-0.39, 0.29) is 103 Å². The highest BCUT2D eigenvalue weighted by atomic mass is 28.4. The molecule has 0 aromatic heterocycles. The van der Waals surface area contributed by atoms with Crippen LogP contribution in [0.15, 0.2) is 72.1 Å². The summed E-state index contributed by atoms with van der Waals surface area (Å²) in [6.07, 6.45) is 7.88. The minimum absolute atomic E-state index is 0.0165. The van der Waals surface area contributed by atoms with Crippen LogP contribution in [0.2, 0.25) is 18.1 Å². The maximum atomic E-state index is 14.7. The van der Waals surface area contributed by atoms with Gasteiger partial charge in [-0.3, -0.25) is 29.3 Å². The molecule has 0 saturated heterocycles. The van der Waals surface area contributed by atoms with Crippen LogP contribution >= 0.6 is 0 Å². The van der Waals surface area contributed by atoms with E-state index in [9.17, 15) is 28.8 Å². The molecule has 0 fully saturated rings. The zero-order chi connectivity index (χ0) is 61.0. The number of carbonyl (C=O) groups is 6. The van der Waals surface area contributed by atoms with Gasteiger partial charge in [0.25, 0.3) is 11.8 Å². The Labute approximate surface area is 493 Å². The number of unbranched alkanes of at least 4 members (excludes halogenated alkanes) is 2. The lowest BCUT2D eigenvalue weighted by Gasteiger charge is -2.38. The predicted molar refractivity (Wildman–Crippen MR) is 326 cm³/mol. The number of aryl methyl sites for hydroxylation is 1. The van der Waals surface area contributed by atoms with E-state index in [1.807, 2.05) is 58.0 Å². The van der Waals surface area contributed by atoms with Gasteiger partial charge in [-0.2, -0.15) is 0 Å². The van der Waals surface area contributed by atoms with Crippen LogP contribution in [0.1, 0.15) is 144 Å². The van der Waals surface area contributed by atoms with Crippen LogP contribution in [-0.4, -0.2) is 133 Å². The van der Waals surface area contributed by atoms with Crippen LogP contribution in [0.4, 0.5) is 16.2 Å². The van der Waals surface area contributed by atoms with E-state index < -0.39 is 20.3 Å². The van der Waals surface area contributed by atoms with Crippen molar-refractivity contribution in [3.63, 3.8) is 0 Å². The number of carbonyl (C=O) groups excluding carboxylic acids is 6. The van der Waals surface area contributed by atoms with Crippen molar-refractivity contribution in [3.8, 4) is 17.2 Å². The van der Waals surface area contributed by atoms with Crippen molar-refractivity contribution in [1.29, 1.82) is 0 Å². The molecule has 0 spiro atoms. The van der Waals surface area contributed by atoms with Gasteiger partial charge in [-0.05, 0) is 112 Å². The highest BCUT2D eigenvalue weighted by Gasteiger charge is 2.40. The Morgan fingerprint density at radius 3 is 1.93 bits per heavy atom. The minimum atomic E-state index is -2.14. The molecule has 0 radical (unpaired) electrons. The number of benzene rings is 3. The lowest BCUT2D eigenvalue weighted by Crippen LogP contribution is -2.45. The van der Waals surface area contributed by atoms with Crippen LogP contribution in [0.3, 0.4) is 0 Å². The molecule has 5 rings (SSSR count). The van der Waals surface area contributed by atoms with Crippen LogP contribution < -0.4 is 30.2 Å². The van der Waals surface area contributed by atoms with E-state index in [0.717, 1.165) is 24.8 Å². The largest absolute Gasteiger partial charge is 0.493 e. The molecule has 3 atom stereocenters. The highest BCUT2D eigenvalue weighted by molar-refractivity contribution is 6.74. The summed E-state index contributed by atoms with van der Waals surface area (Å²) in [6, 6.07) is 13.9. The summed E-state index contributed by atoms with van der Waals surface area (Å²) < 4.78 is 40.9. The van der Waals surface area contributed by atoms with E-state index in [4.69, 9.17) is 32.8 Å². The van der Waals surface area contributed by atoms with Crippen molar-refractivity contribution >= 4 is 55.1 Å². The third-order valence-corrected chi connectivity index (χ3v) is 20.2. The number of hydrogen-bond acceptors (Lipinski definition) is 14. The molecule has 19 heteroatoms. The molecule has 456 valence electrons. The topological polar surface area (TPSA) is 210 Å². The monoisotopic (exact) mass is 1170 g/mol. The quantitative estimate of drug-likeness (QED) is 0.0383. The first-order valence-electron chi connectivity index (χ1n) is 29.2. The molecule has 0 aliphatic carbocycles. The number of amides is 4. The van der Waals surface area contributed by atoms with Crippen LogP contribution in [0, 0.1) is 18.8 Å². The summed E-state index contributed by atoms with van der Waals surface area (Å²) in [5.74, 6) is -0.199. The van der Waals surface area contributed by atoms with Crippen LogP contribution in [-0.2, 0) is 46.0 Å². The zero-order valence-corrected chi connectivity index (χ0v) is 52.8. The molecule has 18 nitrogen and oxygen atoms in total. The van der Waals surface area contributed by atoms with Crippen molar-refractivity contribution in [1.82, 2.24) is 15.1 Å². The van der Waals surface area contributed by atoms with Crippen molar-refractivity contribution in [3.05, 3.63) is 99.9 Å². The molecular weight excluding hydrogens is 1070 g/mol. The number of methoxy groups -OCH3 is 2. The Kier molecular flexibility index (Phi) is 25.9. The predicted octanol–water partition coefficient (Wildman–Crippen LogP) is 11.6. The van der Waals surface area contributed by atoms with E-state index in [1.165, 1.54) is 5.57 Å². The van der Waals surface area contributed by atoms with Crippen molar-refractivity contribution in [2.24, 2.45) is 11.8 Å². The van der Waals surface area contributed by atoms with Gasteiger partial charge in [-0.15, -0.1) is 0 Å². The summed E-state index contributed by atoms with van der Waals surface area (Å²) >= 11 is 0. The third kappa shape index (κ3) is 19.8. The van der Waals surface area contributed by atoms with Crippen molar-refractivity contribution in [2.45, 2.75) is 157 Å². The van der Waals surface area contributed by atoms with E-state index in [0.29, 0.717) is 97.5 Å². The molecule has 0 saturated carbocycles. The van der Waals surface area contributed by atoms with Gasteiger partial charge in [0.1, 0.15) is 18.1 Å². The van der Waals surface area contributed by atoms with Gasteiger partial charge in [0, 0.05) is 69.9 Å². The van der Waals surface area contributed by atoms with Gasteiger partial charge in [-0.1, -0.05) is 77.0 Å². The van der Waals surface area contributed by atoms with Crippen LogP contribution in [0.25, 0.3) is 0 Å². The molecule has 0 unspecified atom stereocenters. The first-order chi connectivity index (χ1) is 39.4. The number of Topliss-reactive ketones (excluding diaryl/α,β-unsaturated/α-hetero) is 2. The standard InChI is InChI=1S/C64H93N5O13Si/c1-15-48-29-43(4)38-68(48)62(74)54-34-58(77-12)59(35-55(54)65-10)80-25-18-16-17-24-79-57-36-56(53(31-45(57)6)61(73)69-39-44(5)30-49(69)41-82-83(13,14)64(7,8)9)67-63(75)81-40-47-21-19-46(20-22-47)32-51(71)37-66-60(72)52(42(2)3)33-50(70)23-26-78-28-27-76-11/h19-22,31,34-36,38-39,42,48-49,52,65H,15-18,23-30,32-33,37,40-41H2,1-14H3,(H,66,72)(H,67,75)/t48-,49+,52+/m1/s1. The number of hydrogen-bond donors (Lipinski definition) is 3. The number of nitrogens with zero attached hydrogens (tertiary/aromatic N) is 2. The number of nitrogens with one attached hydrogen (secondary N) is 3. The van der Waals surface area contributed by atoms with Gasteiger partial charge in [0.2, 0.25) is 5.91 Å². The number of ether oxygens (including phenoxy) is 6. The normalized spacial score (nSPS) is 15.6. The lowest BCUT2D eigenvalue weighted by atomic mass is 9.89. The summed E-state index contributed by atoms with van der Waals surface area (Å²) in [6.45, 7) is 24.6. The Balaban J connectivity index is 1.20. The second kappa shape index (κ2) is 31.9. The first kappa shape index (κ1) is 67.2. The Morgan fingerprint density at radius 2 is 1.33 bits per heavy atom. The summed E-state index contributed by atoms with van der Waals surface area (Å²) in [5, 5.41) is 8.71. The molecule has 2 heterocycles. The van der Waals surface area contributed by atoms with Crippen molar-refractivity contribution < 1.29 is 61.6 Å². The van der Waals surface area contributed by atoms with Gasteiger partial charge in [0.15, 0.2) is 25.6 Å². The molecular formula is C64H93N5O13Si. The summed E-state index contributed by atoms with van der Waals surface area (Å²) in [4.78, 5) is 84.3. The molecule has 3 aromatic carbocycles. The van der Waals surface area contributed by atoms with E-state index >= 15 is 0 Å². The number of anilines is 2. The first-order valence-corrected chi connectivity index (χ1v) is 32.1. The van der Waals surface area contributed by atoms with Gasteiger partial charge in [0.05, 0.1) is 81.8 Å². The van der Waals surface area contributed by atoms with E-state index in [1.54, 1.807) is 68.6 Å². The molecule has 3 N–H and O–H groups in total. The van der Waals surface area contributed by atoms with Gasteiger partial charge < -0.3 is 53.3 Å². The number of ketones is 2. The average molecular weight is 1170 g/mol. The fourth-order valence-corrected chi connectivity index (χ4v) is 10.7. The fourth-order valence-electron chi connectivity index (χ4n) is 9.61. The smallest absolute Gasteiger partial charge is 0.411 e. The Bertz CT molecular complexity index is 2770. The molecule has 0 bridgehead atoms. The number of rotatable bonds is 33. The molecule has 2 aliphatic heterocycles.